The Kier molecular flexibility index (Phi) is 2.79. The van der Waals surface area contributed by atoms with Crippen molar-refractivity contribution in [2.24, 2.45) is 0 Å². The van der Waals surface area contributed by atoms with E-state index in [-0.39, 0.29) is 5.69 Å². The molecule has 0 amide bonds. The Morgan fingerprint density at radius 1 is 1.30 bits per heavy atom. The van der Waals surface area contributed by atoms with E-state index in [1.807, 2.05) is 0 Å². The summed E-state index contributed by atoms with van der Waals surface area (Å²) in [6, 6.07) is 8.00. The Morgan fingerprint density at radius 3 is 2.90 bits per heavy atom. The Balaban J connectivity index is 1.92. The number of ether oxygens (including phenoxy) is 1. The number of nitrogens with zero attached hydrogens (tertiary/aromatic N) is 4. The highest BCUT2D eigenvalue weighted by atomic mass is 16.6. The van der Waals surface area contributed by atoms with Gasteiger partial charge in [-0.2, -0.15) is 0 Å². The van der Waals surface area contributed by atoms with Gasteiger partial charge in [0, 0.05) is 24.4 Å². The highest BCUT2D eigenvalue weighted by Crippen LogP contribution is 2.28. The van der Waals surface area contributed by atoms with Gasteiger partial charge >= 0.3 is 0 Å². The molecular weight excluding hydrogens is 260 g/mol. The monoisotopic (exact) mass is 270 g/mol. The molecule has 0 aliphatic carbocycles. The molecule has 3 aromatic rings. The number of fused-ring (bicyclic) bond motifs is 1. The highest BCUT2D eigenvalue weighted by molar-refractivity contribution is 5.48. The molecule has 0 spiro atoms. The summed E-state index contributed by atoms with van der Waals surface area (Å²) in [5.74, 6) is 1.17. The van der Waals surface area contributed by atoms with Crippen LogP contribution < -0.4 is 4.74 Å². The fourth-order valence-electron chi connectivity index (χ4n) is 1.85. The number of nitro benzene ring substituents is 1. The Labute approximate surface area is 113 Å². The molecule has 0 aliphatic rings. The van der Waals surface area contributed by atoms with Crippen molar-refractivity contribution in [3.63, 3.8) is 0 Å². The standard InChI is InChI=1S/C13H10N4O3/c1-9-6-10(17(18)19)2-3-12(9)20-11-4-5-16-8-14-15-13(16)7-11/h2-8H,1H3. The number of aromatic nitrogens is 3. The maximum atomic E-state index is 10.7. The molecule has 100 valence electrons. The zero-order chi connectivity index (χ0) is 14.1. The first-order chi connectivity index (χ1) is 9.63. The molecule has 7 nitrogen and oxygen atoms in total. The van der Waals surface area contributed by atoms with Gasteiger partial charge in [0.2, 0.25) is 0 Å². The number of hydrogen-bond acceptors (Lipinski definition) is 5. The predicted octanol–water partition coefficient (Wildman–Crippen LogP) is 2.74. The molecule has 0 atom stereocenters. The molecule has 3 rings (SSSR count). The van der Waals surface area contributed by atoms with Crippen molar-refractivity contribution in [2.75, 3.05) is 0 Å². The third-order valence-electron chi connectivity index (χ3n) is 2.87. The van der Waals surface area contributed by atoms with Crippen molar-refractivity contribution in [2.45, 2.75) is 6.92 Å². The molecule has 0 unspecified atom stereocenters. The summed E-state index contributed by atoms with van der Waals surface area (Å²) >= 11 is 0. The molecule has 7 heteroatoms. The lowest BCUT2D eigenvalue weighted by Crippen LogP contribution is -1.92. The van der Waals surface area contributed by atoms with Crippen LogP contribution in [0.4, 0.5) is 5.69 Å². The summed E-state index contributed by atoms with van der Waals surface area (Å²) in [7, 11) is 0. The summed E-state index contributed by atoms with van der Waals surface area (Å²) < 4.78 is 7.48. The normalized spacial score (nSPS) is 10.7. The van der Waals surface area contributed by atoms with Crippen molar-refractivity contribution in [1.29, 1.82) is 0 Å². The van der Waals surface area contributed by atoms with Crippen LogP contribution in [0.5, 0.6) is 11.5 Å². The highest BCUT2D eigenvalue weighted by Gasteiger charge is 2.09. The van der Waals surface area contributed by atoms with Gasteiger partial charge in [-0.15, -0.1) is 10.2 Å². The van der Waals surface area contributed by atoms with Crippen LogP contribution in [0.2, 0.25) is 0 Å². The van der Waals surface area contributed by atoms with Gasteiger partial charge in [0.15, 0.2) is 5.65 Å². The fourth-order valence-corrected chi connectivity index (χ4v) is 1.85. The second kappa shape index (κ2) is 4.61. The zero-order valence-electron chi connectivity index (χ0n) is 10.6. The third-order valence-corrected chi connectivity index (χ3v) is 2.87. The van der Waals surface area contributed by atoms with Crippen LogP contribution in [0.25, 0.3) is 5.65 Å². The molecule has 0 bridgehead atoms. The van der Waals surface area contributed by atoms with Crippen molar-refractivity contribution in [3.05, 3.63) is 58.5 Å². The number of hydrogen-bond donors (Lipinski definition) is 0. The first-order valence-corrected chi connectivity index (χ1v) is 5.86. The third kappa shape index (κ3) is 2.16. The van der Waals surface area contributed by atoms with Crippen LogP contribution >= 0.6 is 0 Å². The number of non-ortho nitro benzene ring substituents is 1. The quantitative estimate of drug-likeness (QED) is 0.539. The summed E-state index contributed by atoms with van der Waals surface area (Å²) in [4.78, 5) is 10.3. The summed E-state index contributed by atoms with van der Waals surface area (Å²) in [5, 5.41) is 18.4. The fraction of sp³-hybridized carbons (Fsp3) is 0.0769. The Hall–Kier alpha value is -2.96. The van der Waals surface area contributed by atoms with E-state index in [4.69, 9.17) is 4.74 Å². The number of pyridine rings is 1. The van der Waals surface area contributed by atoms with Gasteiger partial charge in [-0.1, -0.05) is 0 Å². The molecule has 0 N–H and O–H groups in total. The van der Waals surface area contributed by atoms with Crippen LogP contribution in [-0.2, 0) is 0 Å². The van der Waals surface area contributed by atoms with Gasteiger partial charge < -0.3 is 4.74 Å². The maximum Gasteiger partial charge on any atom is 0.269 e. The van der Waals surface area contributed by atoms with Gasteiger partial charge in [-0.25, -0.2) is 0 Å². The SMILES string of the molecule is Cc1cc([N+](=O)[O-])ccc1Oc1ccn2cnnc2c1. The van der Waals surface area contributed by atoms with Crippen LogP contribution in [0.15, 0.2) is 42.9 Å². The van der Waals surface area contributed by atoms with E-state index in [0.717, 1.165) is 0 Å². The minimum Gasteiger partial charge on any atom is -0.457 e. The van der Waals surface area contributed by atoms with E-state index >= 15 is 0 Å². The molecule has 0 radical (unpaired) electrons. The predicted molar refractivity (Wildman–Crippen MR) is 70.9 cm³/mol. The second-order valence-electron chi connectivity index (χ2n) is 4.27. The molecule has 2 heterocycles. The van der Waals surface area contributed by atoms with Crippen molar-refractivity contribution >= 4 is 11.3 Å². The average Bonchev–Trinajstić information content (AvgIpc) is 2.88. The number of aryl methyl sites for hydroxylation is 1. The van der Waals surface area contributed by atoms with Crippen LogP contribution in [0.1, 0.15) is 5.56 Å². The summed E-state index contributed by atoms with van der Waals surface area (Å²) in [5.41, 5.74) is 1.41. The number of rotatable bonds is 3. The molecule has 0 aliphatic heterocycles. The van der Waals surface area contributed by atoms with Crippen LogP contribution in [0.3, 0.4) is 0 Å². The average molecular weight is 270 g/mol. The lowest BCUT2D eigenvalue weighted by molar-refractivity contribution is -0.384. The largest absolute Gasteiger partial charge is 0.457 e. The Morgan fingerprint density at radius 2 is 2.15 bits per heavy atom. The van der Waals surface area contributed by atoms with Gasteiger partial charge in [-0.3, -0.25) is 14.5 Å². The van der Waals surface area contributed by atoms with Gasteiger partial charge in [0.25, 0.3) is 5.69 Å². The second-order valence-corrected chi connectivity index (χ2v) is 4.27. The lowest BCUT2D eigenvalue weighted by atomic mass is 10.2. The topological polar surface area (TPSA) is 82.6 Å². The summed E-state index contributed by atoms with van der Waals surface area (Å²) in [6.45, 7) is 1.76. The van der Waals surface area contributed by atoms with E-state index in [1.165, 1.54) is 12.1 Å². The van der Waals surface area contributed by atoms with Crippen molar-refractivity contribution in [1.82, 2.24) is 14.6 Å². The molecule has 2 aromatic heterocycles. The molecule has 0 saturated heterocycles. The molecular formula is C13H10N4O3. The van der Waals surface area contributed by atoms with E-state index in [0.29, 0.717) is 22.7 Å². The minimum absolute atomic E-state index is 0.0442. The van der Waals surface area contributed by atoms with Crippen LogP contribution in [-0.4, -0.2) is 19.5 Å². The van der Waals surface area contributed by atoms with Crippen molar-refractivity contribution < 1.29 is 9.66 Å². The molecule has 0 saturated carbocycles. The maximum absolute atomic E-state index is 10.7. The number of nitro groups is 1. The first kappa shape index (κ1) is 12.1. The van der Waals surface area contributed by atoms with E-state index < -0.39 is 4.92 Å². The van der Waals surface area contributed by atoms with E-state index in [1.54, 1.807) is 42.0 Å². The number of benzene rings is 1. The smallest absolute Gasteiger partial charge is 0.269 e. The first-order valence-electron chi connectivity index (χ1n) is 5.86. The molecule has 20 heavy (non-hydrogen) atoms. The van der Waals surface area contributed by atoms with Crippen molar-refractivity contribution in [3.8, 4) is 11.5 Å². The zero-order valence-corrected chi connectivity index (χ0v) is 10.6. The lowest BCUT2D eigenvalue weighted by Gasteiger charge is -2.08. The van der Waals surface area contributed by atoms with Gasteiger partial charge in [0.1, 0.15) is 17.8 Å². The summed E-state index contributed by atoms with van der Waals surface area (Å²) in [6.07, 6.45) is 3.38. The van der Waals surface area contributed by atoms with E-state index in [9.17, 15) is 10.1 Å². The van der Waals surface area contributed by atoms with Gasteiger partial charge in [0.05, 0.1) is 4.92 Å². The molecule has 0 fully saturated rings. The Bertz CT molecular complexity index is 797. The van der Waals surface area contributed by atoms with Gasteiger partial charge in [-0.05, 0) is 24.6 Å². The van der Waals surface area contributed by atoms with Crippen LogP contribution in [0, 0.1) is 17.0 Å². The molecule has 1 aromatic carbocycles. The minimum atomic E-state index is -0.432. The van der Waals surface area contributed by atoms with E-state index in [2.05, 4.69) is 10.2 Å².